The number of fused-ring (bicyclic) bond motifs is 1. The maximum atomic E-state index is 12.8. The van der Waals surface area contributed by atoms with Crippen LogP contribution in [-0.4, -0.2) is 48.7 Å². The van der Waals surface area contributed by atoms with Crippen LogP contribution in [0.25, 0.3) is 17.1 Å². The van der Waals surface area contributed by atoms with E-state index in [-0.39, 0.29) is 17.4 Å². The number of benzene rings is 3. The van der Waals surface area contributed by atoms with E-state index in [9.17, 15) is 18.0 Å². The van der Waals surface area contributed by atoms with Crippen molar-refractivity contribution in [1.29, 1.82) is 0 Å². The van der Waals surface area contributed by atoms with Gasteiger partial charge in [-0.15, -0.1) is 18.3 Å². The first-order valence-electron chi connectivity index (χ1n) is 13.3. The molecule has 1 amide bonds. The molecule has 0 radical (unpaired) electrons. The first-order valence-corrected chi connectivity index (χ1v) is 14.3. The highest BCUT2D eigenvalue weighted by molar-refractivity contribution is 8.15. The van der Waals surface area contributed by atoms with E-state index in [1.165, 1.54) is 52.0 Å². The van der Waals surface area contributed by atoms with Gasteiger partial charge in [0.15, 0.2) is 11.0 Å². The Labute approximate surface area is 243 Å². The third kappa shape index (κ3) is 5.80. The Bertz CT molecular complexity index is 1710. The quantitative estimate of drug-likeness (QED) is 0.245. The second-order valence-corrected chi connectivity index (χ2v) is 11.0. The highest BCUT2D eigenvalue weighted by Gasteiger charge is 2.32. The first-order chi connectivity index (χ1) is 20.1. The zero-order chi connectivity index (χ0) is 29.4. The lowest BCUT2D eigenvalue weighted by Gasteiger charge is -2.13. The molecule has 42 heavy (non-hydrogen) atoms. The number of amides is 1. The van der Waals surface area contributed by atoms with Gasteiger partial charge in [0.05, 0.1) is 22.8 Å². The van der Waals surface area contributed by atoms with Gasteiger partial charge >= 0.3 is 6.36 Å². The number of aromatic nitrogens is 3. The maximum Gasteiger partial charge on any atom is 0.573 e. The molecule has 0 atom stereocenters. The molecule has 8 nitrogen and oxygen atoms in total. The zero-order valence-electron chi connectivity index (χ0n) is 22.7. The average molecular weight is 591 g/mol. The second kappa shape index (κ2) is 11.1. The normalized spacial score (nSPS) is 17.1. The number of nitrogens with zero attached hydrogens (tertiary/aromatic N) is 6. The largest absolute Gasteiger partial charge is 0.573 e. The smallest absolute Gasteiger partial charge is 0.406 e. The Hall–Kier alpha value is -4.45. The number of rotatable bonds is 6. The molecule has 3 aromatic carbocycles. The van der Waals surface area contributed by atoms with Crippen molar-refractivity contribution in [2.75, 3.05) is 5.75 Å². The van der Waals surface area contributed by atoms with Crippen molar-refractivity contribution >= 4 is 34.2 Å². The Balaban J connectivity index is 1.22. The van der Waals surface area contributed by atoms with Gasteiger partial charge in [0, 0.05) is 11.1 Å². The van der Waals surface area contributed by atoms with Gasteiger partial charge in [-0.1, -0.05) is 55.9 Å². The predicted molar refractivity (Wildman–Crippen MR) is 155 cm³/mol. The SMILES string of the molecule is CC(C)c1ccccc1N=C1SCC(=O)N1N=C1CCc2cc(-c3ncn(-c4ccc(OC(F)(F)F)cc4)n3)ccc21. The van der Waals surface area contributed by atoms with Gasteiger partial charge in [-0.25, -0.2) is 14.7 Å². The van der Waals surface area contributed by atoms with E-state index in [0.29, 0.717) is 29.0 Å². The summed E-state index contributed by atoms with van der Waals surface area (Å²) in [6, 6.07) is 19.2. The van der Waals surface area contributed by atoms with Crippen molar-refractivity contribution in [3.63, 3.8) is 0 Å². The number of amidine groups is 1. The number of hydrogen-bond donors (Lipinski definition) is 0. The molecule has 1 aromatic heterocycles. The Morgan fingerprint density at radius 2 is 1.81 bits per heavy atom. The minimum atomic E-state index is -4.75. The van der Waals surface area contributed by atoms with E-state index in [0.717, 1.165) is 40.1 Å². The van der Waals surface area contributed by atoms with Crippen molar-refractivity contribution < 1.29 is 22.7 Å². The molecule has 1 saturated heterocycles. The summed E-state index contributed by atoms with van der Waals surface area (Å²) >= 11 is 1.39. The van der Waals surface area contributed by atoms with Crippen LogP contribution < -0.4 is 4.74 Å². The number of carbonyl (C=O) groups excluding carboxylic acids is 1. The van der Waals surface area contributed by atoms with Crippen molar-refractivity contribution in [3.05, 3.63) is 89.7 Å². The summed E-state index contributed by atoms with van der Waals surface area (Å²) in [5.74, 6) is 0.644. The third-order valence-electron chi connectivity index (χ3n) is 6.87. The van der Waals surface area contributed by atoms with Gasteiger partial charge in [-0.05, 0) is 66.3 Å². The summed E-state index contributed by atoms with van der Waals surface area (Å²) in [5.41, 5.74) is 6.14. The van der Waals surface area contributed by atoms with Gasteiger partial charge in [0.25, 0.3) is 5.91 Å². The van der Waals surface area contributed by atoms with E-state index >= 15 is 0 Å². The summed E-state index contributed by atoms with van der Waals surface area (Å²) in [4.78, 5) is 22.0. The van der Waals surface area contributed by atoms with Crippen LogP contribution in [-0.2, 0) is 11.2 Å². The third-order valence-corrected chi connectivity index (χ3v) is 7.78. The Morgan fingerprint density at radius 3 is 2.57 bits per heavy atom. The lowest BCUT2D eigenvalue weighted by Crippen LogP contribution is -2.25. The van der Waals surface area contributed by atoms with Crippen molar-refractivity contribution in [1.82, 2.24) is 19.8 Å². The molecule has 2 aliphatic rings. The van der Waals surface area contributed by atoms with Crippen molar-refractivity contribution in [2.24, 2.45) is 10.1 Å². The Kier molecular flexibility index (Phi) is 7.31. The fourth-order valence-electron chi connectivity index (χ4n) is 4.87. The maximum absolute atomic E-state index is 12.8. The van der Waals surface area contributed by atoms with Crippen LogP contribution in [0, 0.1) is 0 Å². The second-order valence-electron chi connectivity index (χ2n) is 10.1. The summed E-state index contributed by atoms with van der Waals surface area (Å²) < 4.78 is 42.8. The monoisotopic (exact) mass is 590 g/mol. The zero-order valence-corrected chi connectivity index (χ0v) is 23.5. The number of hydrazone groups is 1. The molecule has 4 aromatic rings. The number of halogens is 3. The van der Waals surface area contributed by atoms with Gasteiger partial charge < -0.3 is 4.74 Å². The molecule has 1 aliphatic carbocycles. The van der Waals surface area contributed by atoms with Gasteiger partial charge in [-0.2, -0.15) is 10.1 Å². The number of alkyl halides is 3. The number of hydrogen-bond acceptors (Lipinski definition) is 7. The van der Waals surface area contributed by atoms with Crippen LogP contribution in [0.15, 0.2) is 83.2 Å². The van der Waals surface area contributed by atoms with Crippen LogP contribution in [0.4, 0.5) is 18.9 Å². The number of thioether (sulfide) groups is 1. The predicted octanol–water partition coefficient (Wildman–Crippen LogP) is 6.87. The highest BCUT2D eigenvalue weighted by atomic mass is 32.2. The molecular formula is C30H25F3N6O2S. The highest BCUT2D eigenvalue weighted by Crippen LogP contribution is 2.32. The summed E-state index contributed by atoms with van der Waals surface area (Å²) in [7, 11) is 0. The Morgan fingerprint density at radius 1 is 1.02 bits per heavy atom. The summed E-state index contributed by atoms with van der Waals surface area (Å²) in [6.45, 7) is 4.23. The average Bonchev–Trinajstić information content (AvgIpc) is 3.69. The molecule has 6 rings (SSSR count). The lowest BCUT2D eigenvalue weighted by molar-refractivity contribution is -0.274. The van der Waals surface area contributed by atoms with Gasteiger partial charge in [-0.3, -0.25) is 4.79 Å². The van der Waals surface area contributed by atoms with Crippen molar-refractivity contribution in [3.8, 4) is 22.8 Å². The molecule has 214 valence electrons. The van der Waals surface area contributed by atoms with Crippen LogP contribution in [0.3, 0.4) is 0 Å². The van der Waals surface area contributed by atoms with Crippen LogP contribution >= 0.6 is 11.8 Å². The van der Waals surface area contributed by atoms with E-state index in [2.05, 4.69) is 28.7 Å². The molecule has 1 fully saturated rings. The van der Waals surface area contributed by atoms with E-state index in [1.54, 1.807) is 0 Å². The molecule has 0 bridgehead atoms. The lowest BCUT2D eigenvalue weighted by atomic mass is 10.0. The standard InChI is InChI=1S/C30H25F3N6O2S/c1-18(2)23-5-3-4-6-25(23)35-29-39(27(40)16-42-29)36-26-14-8-19-15-20(7-13-24(19)26)28-34-17-38(37-28)21-9-11-22(12-10-21)41-30(31,32)33/h3-7,9-13,15,17-18H,8,14,16H2,1-2H3. The van der Waals surface area contributed by atoms with Gasteiger partial charge in [0.1, 0.15) is 12.1 Å². The molecule has 0 N–H and O–H groups in total. The number of ether oxygens (including phenoxy) is 1. The minimum absolute atomic E-state index is 0.105. The minimum Gasteiger partial charge on any atom is -0.406 e. The molecule has 0 saturated carbocycles. The van der Waals surface area contributed by atoms with E-state index in [1.807, 2.05) is 42.5 Å². The fraction of sp³-hybridized carbons (Fsp3) is 0.233. The summed E-state index contributed by atoms with van der Waals surface area (Å²) in [6.07, 6.45) is -1.82. The first kappa shape index (κ1) is 27.7. The number of carbonyl (C=O) groups is 1. The number of aliphatic imine (C=N–C) groups is 1. The van der Waals surface area contributed by atoms with Crippen LogP contribution in [0.2, 0.25) is 0 Å². The number of para-hydroxylation sites is 1. The van der Waals surface area contributed by atoms with Crippen molar-refractivity contribution in [2.45, 2.75) is 39.0 Å². The van der Waals surface area contributed by atoms with Crippen LogP contribution in [0.5, 0.6) is 5.75 Å². The summed E-state index contributed by atoms with van der Waals surface area (Å²) in [5, 5.41) is 11.3. The topological polar surface area (TPSA) is 85.0 Å². The molecule has 0 unspecified atom stereocenters. The number of aryl methyl sites for hydroxylation is 1. The van der Waals surface area contributed by atoms with E-state index in [4.69, 9.17) is 10.1 Å². The van der Waals surface area contributed by atoms with E-state index < -0.39 is 6.36 Å². The molecule has 12 heteroatoms. The van der Waals surface area contributed by atoms with Crippen LogP contribution in [0.1, 0.15) is 42.9 Å². The molecular weight excluding hydrogens is 565 g/mol. The molecule has 2 heterocycles. The molecule has 1 aliphatic heterocycles. The molecule has 0 spiro atoms. The van der Waals surface area contributed by atoms with Gasteiger partial charge in [0.2, 0.25) is 0 Å². The fourth-order valence-corrected chi connectivity index (χ4v) is 5.67.